The molecule has 0 unspecified atom stereocenters. The molecule has 42 heavy (non-hydrogen) atoms. The largest absolute Gasteiger partial charge is 0.462 e. The van der Waals surface area contributed by atoms with Gasteiger partial charge in [-0.1, -0.05) is 108 Å². The van der Waals surface area contributed by atoms with Crippen LogP contribution in [-0.4, -0.2) is 24.1 Å². The maximum atomic E-state index is 12.4. The number of hydrogen-bond acceptors (Lipinski definition) is 4. The van der Waals surface area contributed by atoms with Crippen LogP contribution < -0.4 is 0 Å². The van der Waals surface area contributed by atoms with E-state index in [1.165, 1.54) is 0 Å². The Morgan fingerprint density at radius 1 is 0.500 bits per heavy atom. The van der Waals surface area contributed by atoms with Crippen LogP contribution >= 0.6 is 23.2 Å². The van der Waals surface area contributed by atoms with Crippen LogP contribution in [0.2, 0.25) is 10.0 Å². The van der Waals surface area contributed by atoms with E-state index in [1.807, 2.05) is 123 Å². The second-order valence-electron chi connectivity index (χ2n) is 11.1. The van der Waals surface area contributed by atoms with Crippen molar-refractivity contribution in [2.45, 2.75) is 62.6 Å². The molecule has 4 aromatic carbocycles. The molecule has 2 saturated heterocycles. The Hall–Kier alpha value is -3.60. The minimum absolute atomic E-state index is 0.0573. The first-order valence-corrected chi connectivity index (χ1v) is 15.1. The summed E-state index contributed by atoms with van der Waals surface area (Å²) in [6.07, 6.45) is 1.54. The quantitative estimate of drug-likeness (QED) is 0.219. The molecule has 6 rings (SSSR count). The van der Waals surface area contributed by atoms with Crippen molar-refractivity contribution in [3.05, 3.63) is 141 Å². The van der Waals surface area contributed by atoms with Gasteiger partial charge in [0.1, 0.15) is 0 Å². The van der Waals surface area contributed by atoms with Gasteiger partial charge in [-0.05, 0) is 73.2 Å². The van der Waals surface area contributed by atoms with Gasteiger partial charge in [-0.3, -0.25) is 9.59 Å². The average Bonchev–Trinajstić information content (AvgIpc) is 2.98. The number of carbonyl (C=O) groups excluding carboxylic acids is 2. The summed E-state index contributed by atoms with van der Waals surface area (Å²) in [6.45, 7) is 3.89. The first-order valence-electron chi connectivity index (χ1n) is 14.3. The molecular formula is C36H34Cl2O4. The summed E-state index contributed by atoms with van der Waals surface area (Å²) in [7, 11) is 0. The highest BCUT2D eigenvalue weighted by Crippen LogP contribution is 2.43. The molecule has 0 N–H and O–H groups in total. The predicted molar refractivity (Wildman–Crippen MR) is 167 cm³/mol. The van der Waals surface area contributed by atoms with E-state index in [2.05, 4.69) is 0 Å². The lowest BCUT2D eigenvalue weighted by atomic mass is 9.77. The van der Waals surface area contributed by atoms with Crippen molar-refractivity contribution in [2.75, 3.05) is 0 Å². The van der Waals surface area contributed by atoms with E-state index in [9.17, 15) is 9.59 Å². The highest BCUT2D eigenvalue weighted by molar-refractivity contribution is 6.30. The van der Waals surface area contributed by atoms with Gasteiger partial charge in [0.15, 0.2) is 0 Å². The molecule has 2 aliphatic heterocycles. The van der Waals surface area contributed by atoms with E-state index in [-0.39, 0.29) is 47.8 Å². The third kappa shape index (κ3) is 7.06. The monoisotopic (exact) mass is 600 g/mol. The summed E-state index contributed by atoms with van der Waals surface area (Å²) in [6, 6.07) is 35.3. The number of hydrogen-bond donors (Lipinski definition) is 0. The Kier molecular flexibility index (Phi) is 9.66. The molecule has 2 fully saturated rings. The van der Waals surface area contributed by atoms with Crippen molar-refractivity contribution in [1.82, 2.24) is 0 Å². The van der Waals surface area contributed by atoms with Crippen LogP contribution in [0.4, 0.5) is 0 Å². The molecule has 4 nitrogen and oxygen atoms in total. The lowest BCUT2D eigenvalue weighted by Crippen LogP contribution is -2.34. The lowest BCUT2D eigenvalue weighted by molar-refractivity contribution is -0.157. The number of cyclic esters (lactones) is 2. The highest BCUT2D eigenvalue weighted by Gasteiger charge is 2.39. The SMILES string of the molecule is C[C@@H]1C[C@@H](c2ccc(Cl)cc2)[C@H](c2ccccc2)C(=O)O1.C[C@H]1C[C@H](c2ccc(Cl)cc2)[C@@H](c2ccccc2)C(=O)O1. The summed E-state index contributed by atoms with van der Waals surface area (Å²) >= 11 is 11.9. The molecule has 6 heteroatoms. The standard InChI is InChI=1S/2C18H17ClO2/c2*1-12-11-16(13-7-9-15(19)10-8-13)17(18(20)21-12)14-5-3-2-4-6-14/h2*2-10,12,16-17H,11H2,1H3/t2*12-,16+,17+/m10/s1. The molecule has 4 aromatic rings. The van der Waals surface area contributed by atoms with Crippen molar-refractivity contribution >= 4 is 35.1 Å². The van der Waals surface area contributed by atoms with Crippen molar-refractivity contribution in [2.24, 2.45) is 0 Å². The number of carbonyl (C=O) groups is 2. The average molecular weight is 602 g/mol. The fourth-order valence-corrected chi connectivity index (χ4v) is 6.34. The van der Waals surface area contributed by atoms with Crippen LogP contribution in [-0.2, 0) is 19.1 Å². The fourth-order valence-electron chi connectivity index (χ4n) is 6.09. The third-order valence-electron chi connectivity index (χ3n) is 8.03. The number of esters is 2. The summed E-state index contributed by atoms with van der Waals surface area (Å²) < 4.78 is 10.9. The Balaban J connectivity index is 0.000000168. The van der Waals surface area contributed by atoms with E-state index in [0.29, 0.717) is 10.0 Å². The van der Waals surface area contributed by atoms with Gasteiger partial charge in [-0.25, -0.2) is 0 Å². The Morgan fingerprint density at radius 2 is 0.833 bits per heavy atom. The first kappa shape index (κ1) is 29.9. The van der Waals surface area contributed by atoms with Crippen LogP contribution in [0.15, 0.2) is 109 Å². The van der Waals surface area contributed by atoms with Crippen molar-refractivity contribution in [1.29, 1.82) is 0 Å². The van der Waals surface area contributed by atoms with Gasteiger partial charge in [0.25, 0.3) is 0 Å². The lowest BCUT2D eigenvalue weighted by Gasteiger charge is -2.34. The maximum absolute atomic E-state index is 12.4. The minimum atomic E-state index is -0.247. The summed E-state index contributed by atoms with van der Waals surface area (Å²) in [5.74, 6) is -0.520. The summed E-state index contributed by atoms with van der Waals surface area (Å²) in [4.78, 5) is 24.8. The van der Waals surface area contributed by atoms with Crippen LogP contribution in [0.1, 0.15) is 72.6 Å². The van der Waals surface area contributed by atoms with Crippen molar-refractivity contribution < 1.29 is 19.1 Å². The van der Waals surface area contributed by atoms with Gasteiger partial charge in [-0.2, -0.15) is 0 Å². The minimum Gasteiger partial charge on any atom is -0.462 e. The van der Waals surface area contributed by atoms with Crippen molar-refractivity contribution in [3.63, 3.8) is 0 Å². The zero-order valence-electron chi connectivity index (χ0n) is 23.7. The smallest absolute Gasteiger partial charge is 0.314 e. The highest BCUT2D eigenvalue weighted by atomic mass is 35.5. The van der Waals surface area contributed by atoms with Gasteiger partial charge in [-0.15, -0.1) is 0 Å². The van der Waals surface area contributed by atoms with E-state index in [1.54, 1.807) is 0 Å². The van der Waals surface area contributed by atoms with E-state index in [4.69, 9.17) is 32.7 Å². The molecular weight excluding hydrogens is 567 g/mol. The molecule has 2 heterocycles. The molecule has 2 aliphatic rings. The van der Waals surface area contributed by atoms with E-state index in [0.717, 1.165) is 35.1 Å². The molecule has 0 aliphatic carbocycles. The number of ether oxygens (including phenoxy) is 2. The second kappa shape index (κ2) is 13.6. The predicted octanol–water partition coefficient (Wildman–Crippen LogP) is 9.09. The summed E-state index contributed by atoms with van der Waals surface area (Å²) in [5.41, 5.74) is 4.29. The molecule has 216 valence electrons. The molecule has 0 aromatic heterocycles. The van der Waals surface area contributed by atoms with Crippen LogP contribution in [0.25, 0.3) is 0 Å². The van der Waals surface area contributed by atoms with E-state index >= 15 is 0 Å². The zero-order chi connectivity index (χ0) is 29.6. The van der Waals surface area contributed by atoms with Crippen LogP contribution in [0, 0.1) is 0 Å². The molecule has 0 radical (unpaired) electrons. The number of benzene rings is 4. The van der Waals surface area contributed by atoms with E-state index < -0.39 is 0 Å². The maximum Gasteiger partial charge on any atom is 0.314 e. The van der Waals surface area contributed by atoms with Gasteiger partial charge >= 0.3 is 11.9 Å². The second-order valence-corrected chi connectivity index (χ2v) is 11.9. The van der Waals surface area contributed by atoms with Gasteiger partial charge < -0.3 is 9.47 Å². The number of rotatable bonds is 4. The molecule has 0 spiro atoms. The summed E-state index contributed by atoms with van der Waals surface area (Å²) in [5, 5.41) is 1.42. The molecule has 6 atom stereocenters. The van der Waals surface area contributed by atoms with Crippen LogP contribution in [0.3, 0.4) is 0 Å². The van der Waals surface area contributed by atoms with Gasteiger partial charge in [0.05, 0.1) is 24.0 Å². The Morgan fingerprint density at radius 3 is 1.17 bits per heavy atom. The topological polar surface area (TPSA) is 52.6 Å². The fraction of sp³-hybridized carbons (Fsp3) is 0.278. The Labute approximate surface area is 257 Å². The normalized spacial score (nSPS) is 25.4. The van der Waals surface area contributed by atoms with Gasteiger partial charge in [0, 0.05) is 21.9 Å². The zero-order valence-corrected chi connectivity index (χ0v) is 25.2. The van der Waals surface area contributed by atoms with Crippen LogP contribution in [0.5, 0.6) is 0 Å². The third-order valence-corrected chi connectivity index (χ3v) is 8.54. The molecule has 0 bridgehead atoms. The number of halogens is 2. The Bertz CT molecular complexity index is 1360. The first-order chi connectivity index (χ1) is 20.3. The molecule has 0 amide bonds. The molecule has 0 saturated carbocycles. The van der Waals surface area contributed by atoms with Gasteiger partial charge in [0.2, 0.25) is 0 Å². The van der Waals surface area contributed by atoms with Crippen molar-refractivity contribution in [3.8, 4) is 0 Å².